The first-order valence-corrected chi connectivity index (χ1v) is 9.36. The van der Waals surface area contributed by atoms with Crippen molar-refractivity contribution in [2.45, 2.75) is 45.9 Å². The summed E-state index contributed by atoms with van der Waals surface area (Å²) in [4.78, 5) is 25.3. The second-order valence-corrected chi connectivity index (χ2v) is 6.96. The highest BCUT2D eigenvalue weighted by molar-refractivity contribution is 5.98. The van der Waals surface area contributed by atoms with Gasteiger partial charge < -0.3 is 20.1 Å². The van der Waals surface area contributed by atoms with Crippen LogP contribution < -0.4 is 20.1 Å². The standard InChI is InChI=1S/C22H28N2O4/c1-14(2)27-18-11-17(12-19(13-18)28-15(3)4)21(25)24-20(22(26)23-5)16-9-7-6-8-10-16/h6-15,20H,1-5H3,(H,23,26)(H,24,25). The highest BCUT2D eigenvalue weighted by atomic mass is 16.5. The molecule has 0 fully saturated rings. The molecule has 2 aromatic carbocycles. The Kier molecular flexibility index (Phi) is 7.44. The summed E-state index contributed by atoms with van der Waals surface area (Å²) in [6.07, 6.45) is -0.0960. The maximum atomic E-state index is 12.9. The molecule has 1 atom stereocenters. The summed E-state index contributed by atoms with van der Waals surface area (Å²) in [7, 11) is 1.54. The van der Waals surface area contributed by atoms with Crippen LogP contribution in [-0.4, -0.2) is 31.1 Å². The Hall–Kier alpha value is -3.02. The van der Waals surface area contributed by atoms with Crippen LogP contribution in [0.1, 0.15) is 49.7 Å². The topological polar surface area (TPSA) is 76.7 Å². The zero-order chi connectivity index (χ0) is 20.7. The van der Waals surface area contributed by atoms with E-state index >= 15 is 0 Å². The number of benzene rings is 2. The highest BCUT2D eigenvalue weighted by Gasteiger charge is 2.23. The highest BCUT2D eigenvalue weighted by Crippen LogP contribution is 2.25. The molecule has 0 aliphatic heterocycles. The third kappa shape index (κ3) is 6.01. The maximum absolute atomic E-state index is 12.9. The van der Waals surface area contributed by atoms with Crippen LogP contribution in [0.3, 0.4) is 0 Å². The lowest BCUT2D eigenvalue weighted by Gasteiger charge is -2.19. The molecule has 28 heavy (non-hydrogen) atoms. The number of rotatable bonds is 8. The van der Waals surface area contributed by atoms with E-state index in [2.05, 4.69) is 10.6 Å². The molecule has 2 N–H and O–H groups in total. The Bertz CT molecular complexity index is 775. The van der Waals surface area contributed by atoms with Crippen LogP contribution >= 0.6 is 0 Å². The SMILES string of the molecule is CNC(=O)C(NC(=O)c1cc(OC(C)C)cc(OC(C)C)c1)c1ccccc1. The van der Waals surface area contributed by atoms with E-state index in [9.17, 15) is 9.59 Å². The fourth-order valence-corrected chi connectivity index (χ4v) is 2.69. The number of carbonyl (C=O) groups excluding carboxylic acids is 2. The largest absolute Gasteiger partial charge is 0.491 e. The van der Waals surface area contributed by atoms with Crippen LogP contribution in [0.4, 0.5) is 0 Å². The van der Waals surface area contributed by atoms with E-state index < -0.39 is 6.04 Å². The van der Waals surface area contributed by atoms with Crippen LogP contribution in [0, 0.1) is 0 Å². The van der Waals surface area contributed by atoms with Gasteiger partial charge in [-0.1, -0.05) is 30.3 Å². The zero-order valence-electron chi connectivity index (χ0n) is 17.0. The molecule has 6 heteroatoms. The molecule has 0 bridgehead atoms. The molecule has 0 saturated carbocycles. The lowest BCUT2D eigenvalue weighted by atomic mass is 10.1. The molecule has 0 aromatic heterocycles. The van der Waals surface area contributed by atoms with Crippen molar-refractivity contribution in [1.82, 2.24) is 10.6 Å². The Morgan fingerprint density at radius 3 is 1.86 bits per heavy atom. The Labute approximate surface area is 166 Å². The lowest BCUT2D eigenvalue weighted by molar-refractivity contribution is -0.122. The quantitative estimate of drug-likeness (QED) is 0.731. The number of amides is 2. The fraction of sp³-hybridized carbons (Fsp3) is 0.364. The van der Waals surface area contributed by atoms with E-state index in [0.29, 0.717) is 22.6 Å². The van der Waals surface area contributed by atoms with Gasteiger partial charge in [0.05, 0.1) is 12.2 Å². The van der Waals surface area contributed by atoms with Gasteiger partial charge in [0, 0.05) is 18.7 Å². The van der Waals surface area contributed by atoms with Crippen molar-refractivity contribution in [3.8, 4) is 11.5 Å². The monoisotopic (exact) mass is 384 g/mol. The van der Waals surface area contributed by atoms with Gasteiger partial charge in [0.1, 0.15) is 17.5 Å². The number of nitrogens with one attached hydrogen (secondary N) is 2. The third-order valence-corrected chi connectivity index (χ3v) is 3.80. The van der Waals surface area contributed by atoms with Crippen LogP contribution in [0.15, 0.2) is 48.5 Å². The average molecular weight is 384 g/mol. The minimum absolute atomic E-state index is 0.0480. The van der Waals surface area contributed by atoms with E-state index in [1.165, 1.54) is 7.05 Å². The van der Waals surface area contributed by atoms with Crippen molar-refractivity contribution in [1.29, 1.82) is 0 Å². The number of likely N-dealkylation sites (N-methyl/N-ethyl adjacent to an activating group) is 1. The van der Waals surface area contributed by atoms with E-state index in [0.717, 1.165) is 0 Å². The second-order valence-electron chi connectivity index (χ2n) is 6.96. The van der Waals surface area contributed by atoms with Gasteiger partial charge in [-0.3, -0.25) is 9.59 Å². The summed E-state index contributed by atoms with van der Waals surface area (Å²) in [6, 6.07) is 13.3. The second kappa shape index (κ2) is 9.78. The molecule has 2 rings (SSSR count). The van der Waals surface area contributed by atoms with E-state index in [1.807, 2.05) is 45.9 Å². The van der Waals surface area contributed by atoms with Gasteiger partial charge in [-0.25, -0.2) is 0 Å². The van der Waals surface area contributed by atoms with Gasteiger partial charge >= 0.3 is 0 Å². The van der Waals surface area contributed by atoms with Crippen LogP contribution in [-0.2, 0) is 4.79 Å². The van der Waals surface area contributed by atoms with Crippen LogP contribution in [0.5, 0.6) is 11.5 Å². The predicted octanol–water partition coefficient (Wildman–Crippen LogP) is 3.48. The molecule has 0 saturated heterocycles. The van der Waals surface area contributed by atoms with Gasteiger partial charge in [-0.2, -0.15) is 0 Å². The molecule has 0 spiro atoms. The molecule has 2 amide bonds. The Morgan fingerprint density at radius 1 is 0.857 bits per heavy atom. The van der Waals surface area contributed by atoms with Crippen LogP contribution in [0.25, 0.3) is 0 Å². The molecular weight excluding hydrogens is 356 g/mol. The molecule has 1 unspecified atom stereocenters. The summed E-state index contributed by atoms with van der Waals surface area (Å²) >= 11 is 0. The molecule has 0 aliphatic rings. The number of hydrogen-bond donors (Lipinski definition) is 2. The minimum atomic E-state index is -0.803. The van der Waals surface area contributed by atoms with Crippen molar-refractivity contribution < 1.29 is 19.1 Å². The van der Waals surface area contributed by atoms with Crippen molar-refractivity contribution in [3.63, 3.8) is 0 Å². The maximum Gasteiger partial charge on any atom is 0.252 e. The van der Waals surface area contributed by atoms with Gasteiger partial charge in [-0.15, -0.1) is 0 Å². The summed E-state index contributed by atoms with van der Waals surface area (Å²) in [5.74, 6) is 0.386. The average Bonchev–Trinajstić information content (AvgIpc) is 2.64. The van der Waals surface area contributed by atoms with E-state index in [1.54, 1.807) is 30.3 Å². The molecule has 0 aliphatic carbocycles. The first-order chi connectivity index (χ1) is 13.3. The molecule has 0 radical (unpaired) electrons. The first kappa shape index (κ1) is 21.3. The van der Waals surface area contributed by atoms with Gasteiger partial charge in [0.2, 0.25) is 5.91 Å². The van der Waals surface area contributed by atoms with Crippen molar-refractivity contribution in [2.75, 3.05) is 7.05 Å². The minimum Gasteiger partial charge on any atom is -0.491 e. The number of ether oxygens (including phenoxy) is 2. The van der Waals surface area contributed by atoms with Gasteiger partial charge in [-0.05, 0) is 45.4 Å². The number of hydrogen-bond acceptors (Lipinski definition) is 4. The van der Waals surface area contributed by atoms with Crippen molar-refractivity contribution >= 4 is 11.8 Å². The van der Waals surface area contributed by atoms with E-state index in [-0.39, 0.29) is 24.0 Å². The van der Waals surface area contributed by atoms with E-state index in [4.69, 9.17) is 9.47 Å². The fourth-order valence-electron chi connectivity index (χ4n) is 2.69. The molecule has 2 aromatic rings. The normalized spacial score (nSPS) is 11.8. The Balaban J connectivity index is 2.33. The van der Waals surface area contributed by atoms with Crippen molar-refractivity contribution in [2.24, 2.45) is 0 Å². The molecule has 0 heterocycles. The third-order valence-electron chi connectivity index (χ3n) is 3.80. The summed E-state index contributed by atoms with van der Waals surface area (Å²) in [5, 5.41) is 5.39. The lowest BCUT2D eigenvalue weighted by Crippen LogP contribution is -2.39. The first-order valence-electron chi connectivity index (χ1n) is 9.36. The van der Waals surface area contributed by atoms with Crippen LogP contribution in [0.2, 0.25) is 0 Å². The summed E-state index contributed by atoms with van der Waals surface area (Å²) < 4.78 is 11.5. The summed E-state index contributed by atoms with van der Waals surface area (Å²) in [5.41, 5.74) is 1.06. The zero-order valence-corrected chi connectivity index (χ0v) is 17.0. The molecule has 150 valence electrons. The Morgan fingerprint density at radius 2 is 1.39 bits per heavy atom. The molecule has 6 nitrogen and oxygen atoms in total. The smallest absolute Gasteiger partial charge is 0.252 e. The molecular formula is C22H28N2O4. The van der Waals surface area contributed by atoms with Gasteiger partial charge in [0.15, 0.2) is 0 Å². The van der Waals surface area contributed by atoms with Crippen molar-refractivity contribution in [3.05, 3.63) is 59.7 Å². The number of carbonyl (C=O) groups is 2. The summed E-state index contributed by atoms with van der Waals surface area (Å²) in [6.45, 7) is 7.64. The van der Waals surface area contributed by atoms with Gasteiger partial charge in [0.25, 0.3) is 5.91 Å². The predicted molar refractivity (Wildman–Crippen MR) is 109 cm³/mol.